The van der Waals surface area contributed by atoms with Gasteiger partial charge in [-0.1, -0.05) is 11.6 Å². The molecular formula is C13H23N3O2. The molecular weight excluding hydrogens is 230 g/mol. The number of aromatic nitrogens is 2. The first-order chi connectivity index (χ1) is 8.58. The number of likely N-dealkylation sites (tertiary alicyclic amines) is 1. The molecule has 1 aliphatic heterocycles. The highest BCUT2D eigenvalue weighted by molar-refractivity contribution is 4.97. The number of nitrogens with zero attached hydrogens (tertiary/aromatic N) is 3. The Hall–Kier alpha value is -0.940. The average Bonchev–Trinajstić information content (AvgIpc) is 2.76. The van der Waals surface area contributed by atoms with Crippen molar-refractivity contribution in [2.24, 2.45) is 0 Å². The van der Waals surface area contributed by atoms with Gasteiger partial charge in [0, 0.05) is 12.5 Å². The van der Waals surface area contributed by atoms with Gasteiger partial charge in [-0.15, -0.1) is 0 Å². The molecule has 5 nitrogen and oxygen atoms in total. The monoisotopic (exact) mass is 253 g/mol. The van der Waals surface area contributed by atoms with Crippen LogP contribution in [0.2, 0.25) is 0 Å². The minimum atomic E-state index is -0.428. The van der Waals surface area contributed by atoms with Gasteiger partial charge in [0.1, 0.15) is 0 Å². The van der Waals surface area contributed by atoms with Crippen molar-refractivity contribution in [1.29, 1.82) is 0 Å². The maximum Gasteiger partial charge on any atom is 0.244 e. The molecule has 1 N–H and O–H groups in total. The van der Waals surface area contributed by atoms with Crippen LogP contribution in [0.1, 0.15) is 57.8 Å². The molecule has 0 bridgehead atoms. The highest BCUT2D eigenvalue weighted by atomic mass is 16.5. The Labute approximate surface area is 108 Å². The van der Waals surface area contributed by atoms with Gasteiger partial charge in [0.15, 0.2) is 5.82 Å². The SMILES string of the molecule is CC(O)Cc1noc(C2CCCCN2C(C)C)n1. The first-order valence-corrected chi connectivity index (χ1v) is 6.84. The summed E-state index contributed by atoms with van der Waals surface area (Å²) in [4.78, 5) is 6.85. The van der Waals surface area contributed by atoms with E-state index in [0.29, 0.717) is 24.2 Å². The zero-order valence-corrected chi connectivity index (χ0v) is 11.5. The van der Waals surface area contributed by atoms with Crippen LogP contribution in [-0.4, -0.2) is 38.8 Å². The maximum absolute atomic E-state index is 9.33. The highest BCUT2D eigenvalue weighted by Crippen LogP contribution is 2.31. The van der Waals surface area contributed by atoms with Crippen LogP contribution >= 0.6 is 0 Å². The standard InChI is InChI=1S/C13H23N3O2/c1-9(2)16-7-5-4-6-11(16)13-14-12(15-18-13)8-10(3)17/h9-11,17H,4-8H2,1-3H3. The number of hydrogen-bond donors (Lipinski definition) is 1. The van der Waals surface area contributed by atoms with Crippen LogP contribution in [0, 0.1) is 0 Å². The first-order valence-electron chi connectivity index (χ1n) is 6.84. The third kappa shape index (κ3) is 3.09. The lowest BCUT2D eigenvalue weighted by molar-refractivity contribution is 0.0875. The summed E-state index contributed by atoms with van der Waals surface area (Å²) in [5.41, 5.74) is 0. The van der Waals surface area contributed by atoms with Gasteiger partial charge in [-0.25, -0.2) is 0 Å². The van der Waals surface area contributed by atoms with Crippen LogP contribution in [0.25, 0.3) is 0 Å². The number of aliphatic hydroxyl groups is 1. The zero-order valence-electron chi connectivity index (χ0n) is 11.5. The van der Waals surface area contributed by atoms with Crippen LogP contribution in [0.4, 0.5) is 0 Å². The number of aliphatic hydroxyl groups excluding tert-OH is 1. The summed E-state index contributed by atoms with van der Waals surface area (Å²) < 4.78 is 5.37. The van der Waals surface area contributed by atoms with E-state index in [1.807, 2.05) is 0 Å². The Bertz CT molecular complexity index is 376. The minimum absolute atomic E-state index is 0.244. The fraction of sp³-hybridized carbons (Fsp3) is 0.846. The van der Waals surface area contributed by atoms with Crippen LogP contribution in [-0.2, 0) is 6.42 Å². The molecule has 102 valence electrons. The molecule has 1 saturated heterocycles. The molecule has 0 saturated carbocycles. The van der Waals surface area contributed by atoms with Crippen LogP contribution in [0.5, 0.6) is 0 Å². The lowest BCUT2D eigenvalue weighted by atomic mass is 10.0. The van der Waals surface area contributed by atoms with E-state index in [2.05, 4.69) is 28.9 Å². The molecule has 1 aromatic heterocycles. The van der Waals surface area contributed by atoms with Crippen molar-refractivity contribution in [3.8, 4) is 0 Å². The number of piperidine rings is 1. The lowest BCUT2D eigenvalue weighted by Gasteiger charge is -2.36. The molecule has 18 heavy (non-hydrogen) atoms. The van der Waals surface area contributed by atoms with Gasteiger partial charge in [0.2, 0.25) is 5.89 Å². The topological polar surface area (TPSA) is 62.4 Å². The summed E-state index contributed by atoms with van der Waals surface area (Å²) >= 11 is 0. The van der Waals surface area contributed by atoms with Gasteiger partial charge in [0.05, 0.1) is 12.1 Å². The van der Waals surface area contributed by atoms with Crippen LogP contribution in [0.3, 0.4) is 0 Å². The Kier molecular flexibility index (Phi) is 4.35. The van der Waals surface area contributed by atoms with Crippen molar-refractivity contribution in [2.75, 3.05) is 6.54 Å². The molecule has 1 aromatic rings. The molecule has 0 spiro atoms. The largest absolute Gasteiger partial charge is 0.393 e. The Balaban J connectivity index is 2.10. The molecule has 2 unspecified atom stereocenters. The fourth-order valence-electron chi connectivity index (χ4n) is 2.59. The summed E-state index contributed by atoms with van der Waals surface area (Å²) in [7, 11) is 0. The molecule has 0 amide bonds. The van der Waals surface area contributed by atoms with Crippen molar-refractivity contribution in [1.82, 2.24) is 15.0 Å². The summed E-state index contributed by atoms with van der Waals surface area (Å²) in [5.74, 6) is 1.31. The van der Waals surface area contributed by atoms with E-state index < -0.39 is 6.10 Å². The van der Waals surface area contributed by atoms with E-state index in [1.54, 1.807) is 6.92 Å². The van der Waals surface area contributed by atoms with Gasteiger partial charge in [-0.3, -0.25) is 4.90 Å². The molecule has 2 heterocycles. The fourth-order valence-corrected chi connectivity index (χ4v) is 2.59. The Morgan fingerprint density at radius 3 is 2.83 bits per heavy atom. The first kappa shape index (κ1) is 13.5. The van der Waals surface area contributed by atoms with Crippen molar-refractivity contribution < 1.29 is 9.63 Å². The van der Waals surface area contributed by atoms with Crippen LogP contribution < -0.4 is 0 Å². The summed E-state index contributed by atoms with van der Waals surface area (Å²) in [5, 5.41) is 13.3. The second-order valence-electron chi connectivity index (χ2n) is 5.45. The Morgan fingerprint density at radius 1 is 1.39 bits per heavy atom. The van der Waals surface area contributed by atoms with Gasteiger partial charge >= 0.3 is 0 Å². The van der Waals surface area contributed by atoms with E-state index in [4.69, 9.17) is 4.52 Å². The third-order valence-electron chi connectivity index (χ3n) is 3.45. The molecule has 1 aliphatic rings. The molecule has 0 radical (unpaired) electrons. The molecule has 5 heteroatoms. The van der Waals surface area contributed by atoms with Gasteiger partial charge in [0.25, 0.3) is 0 Å². The van der Waals surface area contributed by atoms with Crippen molar-refractivity contribution in [2.45, 2.75) is 64.6 Å². The van der Waals surface area contributed by atoms with Gasteiger partial charge < -0.3 is 9.63 Å². The summed E-state index contributed by atoms with van der Waals surface area (Å²) in [6.07, 6.45) is 3.56. The normalized spacial score (nSPS) is 23.5. The molecule has 0 aromatic carbocycles. The highest BCUT2D eigenvalue weighted by Gasteiger charge is 2.30. The van der Waals surface area contributed by atoms with Crippen molar-refractivity contribution in [3.05, 3.63) is 11.7 Å². The van der Waals surface area contributed by atoms with E-state index in [-0.39, 0.29) is 6.04 Å². The number of rotatable bonds is 4. The predicted molar refractivity (Wildman–Crippen MR) is 68.1 cm³/mol. The van der Waals surface area contributed by atoms with Crippen LogP contribution in [0.15, 0.2) is 4.52 Å². The van der Waals surface area contributed by atoms with E-state index in [0.717, 1.165) is 13.0 Å². The second-order valence-corrected chi connectivity index (χ2v) is 5.45. The molecule has 2 rings (SSSR count). The lowest BCUT2D eigenvalue weighted by Crippen LogP contribution is -2.38. The van der Waals surface area contributed by atoms with E-state index in [9.17, 15) is 5.11 Å². The molecule has 0 aliphatic carbocycles. The minimum Gasteiger partial charge on any atom is -0.393 e. The quantitative estimate of drug-likeness (QED) is 0.888. The van der Waals surface area contributed by atoms with Gasteiger partial charge in [-0.05, 0) is 40.2 Å². The maximum atomic E-state index is 9.33. The van der Waals surface area contributed by atoms with Gasteiger partial charge in [-0.2, -0.15) is 4.98 Å². The predicted octanol–water partition coefficient (Wildman–Crippen LogP) is 1.93. The van der Waals surface area contributed by atoms with Crippen molar-refractivity contribution >= 4 is 0 Å². The summed E-state index contributed by atoms with van der Waals surface area (Å²) in [6, 6.07) is 0.733. The third-order valence-corrected chi connectivity index (χ3v) is 3.45. The average molecular weight is 253 g/mol. The molecule has 1 fully saturated rings. The summed E-state index contributed by atoms with van der Waals surface area (Å²) in [6.45, 7) is 7.23. The van der Waals surface area contributed by atoms with Crippen molar-refractivity contribution in [3.63, 3.8) is 0 Å². The van der Waals surface area contributed by atoms with E-state index >= 15 is 0 Å². The van der Waals surface area contributed by atoms with E-state index in [1.165, 1.54) is 12.8 Å². The Morgan fingerprint density at radius 2 is 2.17 bits per heavy atom. The smallest absolute Gasteiger partial charge is 0.244 e. The second kappa shape index (κ2) is 5.80. The zero-order chi connectivity index (χ0) is 13.1. The number of hydrogen-bond acceptors (Lipinski definition) is 5. The molecule has 2 atom stereocenters.